The van der Waals surface area contributed by atoms with Gasteiger partial charge in [0.25, 0.3) is 0 Å². The van der Waals surface area contributed by atoms with E-state index in [1.165, 1.54) is 0 Å². The van der Waals surface area contributed by atoms with E-state index in [1.807, 2.05) is 30.3 Å². The maximum Gasteiger partial charge on any atom is 0.415 e. The number of fused-ring (bicyclic) bond motifs is 2. The Bertz CT molecular complexity index is 1870. The second kappa shape index (κ2) is 12.6. The molecule has 2 atom stereocenters. The van der Waals surface area contributed by atoms with Crippen LogP contribution in [0.4, 0.5) is 24.1 Å². The number of rotatable bonds is 4. The monoisotopic (exact) mass is 712 g/mol. The van der Waals surface area contributed by atoms with Crippen LogP contribution in [0.25, 0.3) is 11.1 Å². The Kier molecular flexibility index (Phi) is 8.91. The molecule has 3 heterocycles. The third-order valence-corrected chi connectivity index (χ3v) is 9.22. The number of carboxylic acid groups (broad SMARTS) is 1. The number of ether oxygens (including phenoxy) is 4. The van der Waals surface area contributed by atoms with E-state index in [0.717, 1.165) is 17.0 Å². The van der Waals surface area contributed by atoms with Crippen LogP contribution >= 0.6 is 11.6 Å². The predicted molar refractivity (Wildman–Crippen MR) is 181 cm³/mol. The first-order valence-electron chi connectivity index (χ1n) is 16.4. The zero-order valence-electron chi connectivity index (χ0n) is 28.7. The van der Waals surface area contributed by atoms with Crippen LogP contribution in [-0.4, -0.2) is 65.1 Å². The van der Waals surface area contributed by atoms with Crippen molar-refractivity contribution < 1.29 is 47.2 Å². The number of hydrogen-bond acceptors (Lipinski definition) is 7. The highest BCUT2D eigenvalue weighted by Gasteiger charge is 2.54. The van der Waals surface area contributed by atoms with Crippen LogP contribution in [0.15, 0.2) is 42.5 Å². The van der Waals surface area contributed by atoms with Crippen molar-refractivity contribution in [3.63, 3.8) is 0 Å². The largest absolute Gasteiger partial charge is 0.486 e. The first-order valence-corrected chi connectivity index (χ1v) is 16.8. The number of likely N-dealkylation sites (tertiary alicyclic amines) is 1. The maximum absolute atomic E-state index is 16.9. The molecule has 0 spiro atoms. The zero-order valence-corrected chi connectivity index (χ0v) is 29.5. The molecule has 3 aliphatic rings. The molecule has 1 unspecified atom stereocenters. The second-order valence-corrected chi connectivity index (χ2v) is 15.0. The van der Waals surface area contributed by atoms with Gasteiger partial charge in [0.15, 0.2) is 17.2 Å². The molecule has 0 bridgehead atoms. The number of benzene rings is 3. The lowest BCUT2D eigenvalue weighted by atomic mass is 9.79. The highest BCUT2D eigenvalue weighted by molar-refractivity contribution is 6.34. The number of carboxylic acids is 1. The second-order valence-electron chi connectivity index (χ2n) is 14.6. The molecular formula is C37H39ClF2N2O8. The number of halogens is 3. The lowest BCUT2D eigenvalue weighted by Gasteiger charge is -2.40. The number of aromatic carboxylic acids is 1. The molecule has 10 nitrogen and oxygen atoms in total. The van der Waals surface area contributed by atoms with E-state index >= 15 is 8.78 Å². The normalized spacial score (nSPS) is 20.1. The van der Waals surface area contributed by atoms with Crippen LogP contribution in [0.1, 0.15) is 75.9 Å². The summed E-state index contributed by atoms with van der Waals surface area (Å²) in [4.78, 5) is 42.2. The zero-order chi connectivity index (χ0) is 36.3. The summed E-state index contributed by atoms with van der Waals surface area (Å²) in [5.74, 6) is -4.05. The van der Waals surface area contributed by atoms with Gasteiger partial charge in [-0.1, -0.05) is 41.9 Å². The van der Waals surface area contributed by atoms with Gasteiger partial charge in [-0.25, -0.2) is 23.2 Å². The fraction of sp³-hybridized carbons (Fsp3) is 0.432. The molecule has 1 N–H and O–H groups in total. The third kappa shape index (κ3) is 6.29. The summed E-state index contributed by atoms with van der Waals surface area (Å²) in [5.41, 5.74) is -3.53. The molecule has 0 radical (unpaired) electrons. The first kappa shape index (κ1) is 35.3. The quantitative estimate of drug-likeness (QED) is 0.287. The van der Waals surface area contributed by atoms with E-state index in [-0.39, 0.29) is 42.1 Å². The van der Waals surface area contributed by atoms with Crippen molar-refractivity contribution in [2.75, 3.05) is 24.6 Å². The number of hydrogen-bond donors (Lipinski definition) is 1. The molecule has 50 heavy (non-hydrogen) atoms. The number of anilines is 1. The minimum atomic E-state index is -1.55. The van der Waals surface area contributed by atoms with Crippen molar-refractivity contribution in [1.29, 1.82) is 0 Å². The van der Waals surface area contributed by atoms with Crippen LogP contribution < -0.4 is 14.4 Å². The maximum atomic E-state index is 16.9. The van der Waals surface area contributed by atoms with Crippen LogP contribution in [0.3, 0.4) is 0 Å². The predicted octanol–water partition coefficient (Wildman–Crippen LogP) is 8.35. The van der Waals surface area contributed by atoms with Crippen molar-refractivity contribution in [2.45, 2.75) is 83.6 Å². The molecule has 6 rings (SSSR count). The number of nitrogens with zero attached hydrogens (tertiary/aromatic N) is 2. The topological polar surface area (TPSA) is 115 Å². The molecule has 0 aliphatic carbocycles. The average molecular weight is 713 g/mol. The minimum absolute atomic E-state index is 0.0200. The van der Waals surface area contributed by atoms with Gasteiger partial charge < -0.3 is 29.0 Å². The molecule has 0 aromatic heterocycles. The van der Waals surface area contributed by atoms with Gasteiger partial charge in [0.05, 0.1) is 28.9 Å². The SMILES string of the molecule is CC(C)(C)OC(=O)N1CCOc2c1cc(C(=O)O)c(-c1c(Cl)c(F)cc3c1C[C@](c1ccccc1)(C1CCCN1C(=O)OC(C)(C)C)O3)c2F. The summed E-state index contributed by atoms with van der Waals surface area (Å²) >= 11 is 6.65. The van der Waals surface area contributed by atoms with E-state index in [4.69, 9.17) is 30.5 Å². The van der Waals surface area contributed by atoms with E-state index < -0.39 is 74.5 Å². The van der Waals surface area contributed by atoms with Crippen molar-refractivity contribution in [1.82, 2.24) is 4.90 Å². The molecule has 3 aromatic rings. The highest BCUT2D eigenvalue weighted by Crippen LogP contribution is 2.54. The number of carbonyl (C=O) groups excluding carboxylic acids is 2. The van der Waals surface area contributed by atoms with E-state index in [2.05, 4.69) is 0 Å². The lowest BCUT2D eigenvalue weighted by molar-refractivity contribution is -0.0216. The molecule has 1 saturated heterocycles. The van der Waals surface area contributed by atoms with Gasteiger partial charge in [-0.05, 0) is 66.0 Å². The smallest absolute Gasteiger partial charge is 0.415 e. The Labute approximate surface area is 293 Å². The summed E-state index contributed by atoms with van der Waals surface area (Å²) in [6.45, 7) is 10.5. The third-order valence-electron chi connectivity index (χ3n) is 8.85. The highest BCUT2D eigenvalue weighted by atomic mass is 35.5. The van der Waals surface area contributed by atoms with Gasteiger partial charge in [-0.3, -0.25) is 4.90 Å². The van der Waals surface area contributed by atoms with Crippen molar-refractivity contribution in [2.24, 2.45) is 0 Å². The van der Waals surface area contributed by atoms with Crippen LogP contribution in [0.5, 0.6) is 11.5 Å². The Morgan fingerprint density at radius 2 is 1.62 bits per heavy atom. The van der Waals surface area contributed by atoms with Crippen molar-refractivity contribution in [3.8, 4) is 22.6 Å². The molecular weight excluding hydrogens is 674 g/mol. The van der Waals surface area contributed by atoms with Crippen molar-refractivity contribution >= 4 is 35.4 Å². The fourth-order valence-corrected chi connectivity index (χ4v) is 7.21. The molecule has 266 valence electrons. The summed E-state index contributed by atoms with van der Waals surface area (Å²) in [5, 5.41) is 9.93. The number of amides is 2. The molecule has 13 heteroatoms. The first-order chi connectivity index (χ1) is 23.4. The van der Waals surface area contributed by atoms with Crippen LogP contribution in [-0.2, 0) is 21.5 Å². The fourth-order valence-electron chi connectivity index (χ4n) is 6.95. The summed E-state index contributed by atoms with van der Waals surface area (Å²) in [7, 11) is 0. The van der Waals surface area contributed by atoms with Crippen LogP contribution in [0, 0.1) is 11.6 Å². The Morgan fingerprint density at radius 1 is 0.960 bits per heavy atom. The summed E-state index contributed by atoms with van der Waals surface area (Å²) in [6.07, 6.45) is -0.238. The molecule has 0 saturated carbocycles. The minimum Gasteiger partial charge on any atom is -0.486 e. The molecule has 3 aliphatic heterocycles. The molecule has 1 fully saturated rings. The van der Waals surface area contributed by atoms with Crippen LogP contribution in [0.2, 0.25) is 5.02 Å². The molecule has 3 aromatic carbocycles. The number of carbonyl (C=O) groups is 3. The van der Waals surface area contributed by atoms with Crippen molar-refractivity contribution in [3.05, 3.63) is 75.8 Å². The Hall–Kier alpha value is -4.58. The summed E-state index contributed by atoms with van der Waals surface area (Å²) < 4.78 is 56.3. The average Bonchev–Trinajstić information content (AvgIpc) is 3.67. The standard InChI is InChI=1S/C37H39ClF2N2O8/c1-35(2,3)49-33(45)41-15-16-47-31-24(41)17-21(32(43)44)28(30(31)40)27-22-19-37(20-11-8-7-9-12-20,48-25(22)18-23(39)29(27)38)26-13-10-14-42(26)34(46)50-36(4,5)6/h7-9,11-12,17-18,26H,10,13-16,19H2,1-6H3,(H,43,44)/t26?,37-/m0/s1. The van der Waals surface area contributed by atoms with Gasteiger partial charge >= 0.3 is 18.2 Å². The molecule has 2 amide bonds. The van der Waals surface area contributed by atoms with E-state index in [9.17, 15) is 19.5 Å². The Morgan fingerprint density at radius 3 is 2.26 bits per heavy atom. The van der Waals surface area contributed by atoms with Gasteiger partial charge in [-0.15, -0.1) is 0 Å². The van der Waals surface area contributed by atoms with Gasteiger partial charge in [-0.2, -0.15) is 0 Å². The summed E-state index contributed by atoms with van der Waals surface area (Å²) in [6, 6.07) is 10.7. The van der Waals surface area contributed by atoms with E-state index in [0.29, 0.717) is 24.9 Å². The Balaban J connectivity index is 1.53. The lowest BCUT2D eigenvalue weighted by Crippen LogP contribution is -2.53. The van der Waals surface area contributed by atoms with E-state index in [1.54, 1.807) is 46.4 Å². The van der Waals surface area contributed by atoms with Gasteiger partial charge in [0, 0.05) is 35.7 Å². The van der Waals surface area contributed by atoms with Gasteiger partial charge in [0.2, 0.25) is 0 Å². The van der Waals surface area contributed by atoms with Gasteiger partial charge in [0.1, 0.15) is 29.4 Å².